The molecule has 31 heavy (non-hydrogen) atoms. The fourth-order valence-corrected chi connectivity index (χ4v) is 7.41. The molecule has 0 saturated heterocycles. The van der Waals surface area contributed by atoms with E-state index in [4.69, 9.17) is 5.11 Å². The molecule has 1 aromatic carbocycles. The van der Waals surface area contributed by atoms with Crippen molar-refractivity contribution in [3.63, 3.8) is 0 Å². The summed E-state index contributed by atoms with van der Waals surface area (Å²) in [6, 6.07) is 7.52. The average molecular weight is 452 g/mol. The van der Waals surface area contributed by atoms with E-state index in [2.05, 4.69) is 11.9 Å². The van der Waals surface area contributed by atoms with Gasteiger partial charge in [0.15, 0.2) is 0 Å². The number of rotatable bonds is 14. The van der Waals surface area contributed by atoms with Crippen molar-refractivity contribution < 1.29 is 29.3 Å². The number of hydrogen-bond donors (Lipinski definition) is 4. The van der Waals surface area contributed by atoms with Crippen LogP contribution in [0.25, 0.3) is 10.9 Å². The number of para-hydroxylation sites is 1. The molecule has 1 heterocycles. The molecule has 7 nitrogen and oxygen atoms in total. The molecule has 4 unspecified atom stereocenters. The number of unbranched alkanes of at least 4 members (excludes halogenated alkanes) is 3. The van der Waals surface area contributed by atoms with Gasteiger partial charge in [0.1, 0.15) is 0 Å². The molecular weight excluding hydrogens is 417 g/mol. The quantitative estimate of drug-likeness (QED) is 0.212. The number of benzene rings is 1. The number of fused-ring (bicyclic) bond motifs is 1. The molecule has 4 atom stereocenters. The molecular formula is C23H34NO6P. The molecule has 1 aromatic heterocycles. The van der Waals surface area contributed by atoms with Crippen LogP contribution in [0.15, 0.2) is 30.5 Å². The molecule has 0 saturated carbocycles. The minimum Gasteiger partial charge on any atom is -0.481 e. The van der Waals surface area contributed by atoms with Gasteiger partial charge in [-0.15, -0.1) is 0 Å². The van der Waals surface area contributed by atoms with E-state index >= 15 is 0 Å². The van der Waals surface area contributed by atoms with Gasteiger partial charge in [-0.3, -0.25) is 14.2 Å². The molecule has 0 radical (unpaired) electrons. The highest BCUT2D eigenvalue weighted by Gasteiger charge is 2.45. The Morgan fingerprint density at radius 1 is 1.06 bits per heavy atom. The summed E-state index contributed by atoms with van der Waals surface area (Å²) in [5, 5.41) is 19.8. The monoisotopic (exact) mass is 451 g/mol. The standard InChI is InChI=1S/C23H34NO6P/c1-3-5-6-7-12-21(17(23(27)28)13-14-22(25)26)31(29,30)20(4-2)18-15-24-19-11-9-8-10-16(18)19/h8-11,15,17,20-21,24H,3-7,12-14H2,1-2H3,(H,25,26)(H,27,28)(H,29,30). The first-order valence-corrected chi connectivity index (χ1v) is 12.9. The normalized spacial score (nSPS) is 16.5. The fraction of sp³-hybridized carbons (Fsp3) is 0.565. The Morgan fingerprint density at radius 2 is 1.77 bits per heavy atom. The molecule has 4 N–H and O–H groups in total. The van der Waals surface area contributed by atoms with Crippen LogP contribution in [0.1, 0.15) is 76.4 Å². The fourth-order valence-electron chi connectivity index (χ4n) is 4.47. The largest absolute Gasteiger partial charge is 0.481 e. The van der Waals surface area contributed by atoms with Crippen molar-refractivity contribution in [1.29, 1.82) is 0 Å². The van der Waals surface area contributed by atoms with E-state index in [0.717, 1.165) is 30.2 Å². The Balaban J connectivity index is 2.44. The maximum absolute atomic E-state index is 14.0. The van der Waals surface area contributed by atoms with Crippen LogP contribution < -0.4 is 0 Å². The SMILES string of the molecule is CCCCCCC(C(CCC(=O)O)C(=O)O)P(=O)(O)C(CC)c1c[nH]c2ccccc12. The van der Waals surface area contributed by atoms with E-state index < -0.39 is 36.5 Å². The van der Waals surface area contributed by atoms with Gasteiger partial charge in [0.25, 0.3) is 0 Å². The second-order valence-electron chi connectivity index (χ2n) is 8.18. The molecule has 0 aliphatic heterocycles. The van der Waals surface area contributed by atoms with Crippen LogP contribution in [0.5, 0.6) is 0 Å². The van der Waals surface area contributed by atoms with E-state index in [-0.39, 0.29) is 12.8 Å². The number of aliphatic carboxylic acids is 2. The number of carbonyl (C=O) groups is 2. The summed E-state index contributed by atoms with van der Waals surface area (Å²) in [6.45, 7) is 3.89. The van der Waals surface area contributed by atoms with Crippen molar-refractivity contribution >= 4 is 30.2 Å². The zero-order valence-electron chi connectivity index (χ0n) is 18.3. The van der Waals surface area contributed by atoms with Crippen LogP contribution in [0, 0.1) is 5.92 Å². The van der Waals surface area contributed by atoms with Gasteiger partial charge in [0.2, 0.25) is 7.37 Å². The van der Waals surface area contributed by atoms with Crippen molar-refractivity contribution in [2.24, 2.45) is 5.92 Å². The molecule has 0 spiro atoms. The Morgan fingerprint density at radius 3 is 2.39 bits per heavy atom. The molecule has 0 aliphatic carbocycles. The second kappa shape index (κ2) is 11.5. The second-order valence-corrected chi connectivity index (χ2v) is 10.8. The lowest BCUT2D eigenvalue weighted by molar-refractivity contribution is -0.143. The van der Waals surface area contributed by atoms with Crippen LogP contribution >= 0.6 is 7.37 Å². The predicted molar refractivity (Wildman–Crippen MR) is 122 cm³/mol. The van der Waals surface area contributed by atoms with Crippen molar-refractivity contribution in [3.05, 3.63) is 36.0 Å². The molecule has 0 fully saturated rings. The van der Waals surface area contributed by atoms with E-state index in [9.17, 15) is 24.2 Å². The highest BCUT2D eigenvalue weighted by Crippen LogP contribution is 2.65. The van der Waals surface area contributed by atoms with E-state index in [1.54, 1.807) is 6.20 Å². The average Bonchev–Trinajstić information content (AvgIpc) is 3.13. The zero-order chi connectivity index (χ0) is 23.0. The highest BCUT2D eigenvalue weighted by atomic mass is 31.2. The lowest BCUT2D eigenvalue weighted by Gasteiger charge is -2.33. The summed E-state index contributed by atoms with van der Waals surface area (Å²) in [7, 11) is -4.02. The minimum atomic E-state index is -4.02. The summed E-state index contributed by atoms with van der Waals surface area (Å²) in [4.78, 5) is 37.7. The minimum absolute atomic E-state index is 0.155. The molecule has 2 rings (SSSR count). The topological polar surface area (TPSA) is 128 Å². The first kappa shape index (κ1) is 25.2. The van der Waals surface area contributed by atoms with E-state index in [1.165, 1.54) is 0 Å². The van der Waals surface area contributed by atoms with Crippen molar-refractivity contribution in [1.82, 2.24) is 4.98 Å². The van der Waals surface area contributed by atoms with Gasteiger partial charge in [-0.05, 0) is 30.9 Å². The van der Waals surface area contributed by atoms with Crippen molar-refractivity contribution in [2.75, 3.05) is 0 Å². The van der Waals surface area contributed by atoms with Crippen LogP contribution in [0.3, 0.4) is 0 Å². The van der Waals surface area contributed by atoms with E-state index in [0.29, 0.717) is 24.8 Å². The van der Waals surface area contributed by atoms with Gasteiger partial charge >= 0.3 is 11.9 Å². The smallest absolute Gasteiger partial charge is 0.307 e. The van der Waals surface area contributed by atoms with Gasteiger partial charge < -0.3 is 20.1 Å². The number of carboxylic acid groups (broad SMARTS) is 2. The van der Waals surface area contributed by atoms with Crippen LogP contribution in [-0.2, 0) is 14.2 Å². The Hall–Kier alpha value is -2.11. The van der Waals surface area contributed by atoms with Gasteiger partial charge in [-0.1, -0.05) is 57.7 Å². The molecule has 0 aliphatic rings. The van der Waals surface area contributed by atoms with Crippen molar-refractivity contribution in [2.45, 2.75) is 76.5 Å². The summed E-state index contributed by atoms with van der Waals surface area (Å²) in [5.41, 5.74) is -0.132. The lowest BCUT2D eigenvalue weighted by Crippen LogP contribution is -2.30. The number of carboxylic acids is 2. The summed E-state index contributed by atoms with van der Waals surface area (Å²) < 4.78 is 14.0. The summed E-state index contributed by atoms with van der Waals surface area (Å²) in [5.74, 6) is -3.48. The molecule has 8 heteroatoms. The van der Waals surface area contributed by atoms with Crippen LogP contribution in [0.2, 0.25) is 0 Å². The number of aromatic amines is 1. The van der Waals surface area contributed by atoms with Gasteiger partial charge in [-0.2, -0.15) is 0 Å². The van der Waals surface area contributed by atoms with Gasteiger partial charge in [0.05, 0.1) is 11.6 Å². The maximum atomic E-state index is 14.0. The predicted octanol–water partition coefficient (Wildman–Crippen LogP) is 5.79. The van der Waals surface area contributed by atoms with Gasteiger partial charge in [-0.25, -0.2) is 0 Å². The number of aromatic nitrogens is 1. The summed E-state index contributed by atoms with van der Waals surface area (Å²) >= 11 is 0. The maximum Gasteiger partial charge on any atom is 0.307 e. The van der Waals surface area contributed by atoms with Gasteiger partial charge in [0, 0.05) is 29.2 Å². The highest BCUT2D eigenvalue weighted by molar-refractivity contribution is 7.59. The van der Waals surface area contributed by atoms with E-state index in [1.807, 2.05) is 31.2 Å². The van der Waals surface area contributed by atoms with Crippen LogP contribution in [0.4, 0.5) is 0 Å². The first-order valence-electron chi connectivity index (χ1n) is 11.1. The third-order valence-electron chi connectivity index (χ3n) is 6.09. The Kier molecular flexibility index (Phi) is 9.32. The zero-order valence-corrected chi connectivity index (χ0v) is 19.2. The number of H-pyrrole nitrogens is 1. The first-order chi connectivity index (χ1) is 14.7. The lowest BCUT2D eigenvalue weighted by atomic mass is 9.95. The number of nitrogens with one attached hydrogen (secondary N) is 1. The third kappa shape index (κ3) is 6.20. The molecule has 0 amide bonds. The molecule has 2 aromatic rings. The number of hydrogen-bond acceptors (Lipinski definition) is 3. The Labute approximate surface area is 183 Å². The summed E-state index contributed by atoms with van der Waals surface area (Å²) in [6.07, 6.45) is 5.37. The molecule has 172 valence electrons. The Bertz CT molecular complexity index is 924. The third-order valence-corrected chi connectivity index (χ3v) is 9.20. The van der Waals surface area contributed by atoms with Crippen LogP contribution in [-0.4, -0.2) is 37.7 Å². The molecule has 0 bridgehead atoms. The van der Waals surface area contributed by atoms with Crippen molar-refractivity contribution in [3.8, 4) is 0 Å².